The predicted octanol–water partition coefficient (Wildman–Crippen LogP) is -3.71. The molecule has 3 saturated heterocycles. The first kappa shape index (κ1) is 41.1. The van der Waals surface area contributed by atoms with E-state index >= 15 is 0 Å². The van der Waals surface area contributed by atoms with Crippen molar-refractivity contribution in [1.82, 2.24) is 0 Å². The Morgan fingerprint density at radius 1 is 0.553 bits per heavy atom. The summed E-state index contributed by atoms with van der Waals surface area (Å²) in [5.74, 6) is 0. The van der Waals surface area contributed by atoms with Crippen LogP contribution in [0, 0.1) is 0 Å². The molecular weight excluding hydrogens is 659 g/mol. The lowest BCUT2D eigenvalue weighted by Crippen LogP contribution is -2.62. The number of aliphatic hydroxyl groups is 9. The van der Waals surface area contributed by atoms with Gasteiger partial charge >= 0.3 is 0 Å². The molecule has 0 aromatic heterocycles. The van der Waals surface area contributed by atoms with E-state index in [1.165, 1.54) is 0 Å². The van der Waals surface area contributed by atoms with E-state index in [9.17, 15) is 45.7 Å². The Bertz CT molecular complexity index is 850. The van der Waals surface area contributed by atoms with Gasteiger partial charge in [-0.2, -0.15) is 0 Å². The number of rotatable bonds is 20. The van der Waals surface area contributed by atoms with Gasteiger partial charge in [-0.05, 0) is 32.1 Å². The van der Waals surface area contributed by atoms with Crippen LogP contribution in [0.15, 0.2) is 0 Å². The molecule has 3 heterocycles. The van der Waals surface area contributed by atoms with Crippen molar-refractivity contribution in [1.29, 1.82) is 0 Å². The van der Waals surface area contributed by atoms with E-state index in [0.717, 1.165) is 0 Å². The van der Waals surface area contributed by atoms with Crippen molar-refractivity contribution in [2.75, 3.05) is 45.8 Å². The van der Waals surface area contributed by atoms with Gasteiger partial charge < -0.3 is 93.3 Å². The van der Waals surface area contributed by atoms with Crippen molar-refractivity contribution in [3.8, 4) is 0 Å². The van der Waals surface area contributed by atoms with E-state index in [-0.39, 0.29) is 26.4 Å². The largest absolute Gasteiger partial charge is 0.396 e. The van der Waals surface area contributed by atoms with Gasteiger partial charge in [-0.15, -0.1) is 0 Å². The smallest absolute Gasteiger partial charge is 0.212 e. The summed E-state index contributed by atoms with van der Waals surface area (Å²) in [7, 11) is -1.42. The summed E-state index contributed by atoms with van der Waals surface area (Å²) in [6.45, 7) is 1.88. The molecule has 20 heteroatoms. The molecule has 47 heavy (non-hydrogen) atoms. The van der Waals surface area contributed by atoms with Gasteiger partial charge in [0.05, 0.1) is 19.8 Å². The zero-order valence-electron chi connectivity index (χ0n) is 26.2. The molecule has 3 aliphatic rings. The van der Waals surface area contributed by atoms with Crippen LogP contribution in [0.4, 0.5) is 0 Å². The summed E-state index contributed by atoms with van der Waals surface area (Å²) in [4.78, 5) is 9.46. The third-order valence-electron chi connectivity index (χ3n) is 7.59. The maximum Gasteiger partial charge on any atom is 0.212 e. The van der Waals surface area contributed by atoms with E-state index in [1.807, 2.05) is 6.92 Å². The van der Waals surface area contributed by atoms with E-state index in [0.29, 0.717) is 44.9 Å². The zero-order chi connectivity index (χ0) is 34.5. The minimum Gasteiger partial charge on any atom is -0.396 e. The Morgan fingerprint density at radius 2 is 1.17 bits per heavy atom. The first-order valence-electron chi connectivity index (χ1n) is 15.7. The lowest BCUT2D eigenvalue weighted by atomic mass is 9.99. The Labute approximate surface area is 273 Å². The van der Waals surface area contributed by atoms with Gasteiger partial charge in [0.25, 0.3) is 0 Å². The fraction of sp³-hybridized carbons (Fsp3) is 1.00. The highest BCUT2D eigenvalue weighted by atomic mass is 31.2. The van der Waals surface area contributed by atoms with E-state index < -0.39 is 102 Å². The van der Waals surface area contributed by atoms with Gasteiger partial charge in [0, 0.05) is 26.0 Å². The van der Waals surface area contributed by atoms with Crippen LogP contribution >= 0.6 is 8.38 Å². The number of unbranched alkanes of at least 4 members (excludes halogenated alkanes) is 3. The third kappa shape index (κ3) is 12.4. The van der Waals surface area contributed by atoms with Crippen molar-refractivity contribution in [3.05, 3.63) is 0 Å². The molecule has 19 nitrogen and oxygen atoms in total. The Kier molecular flexibility index (Phi) is 18.5. The first-order valence-corrected chi connectivity index (χ1v) is 17.1. The highest BCUT2D eigenvalue weighted by molar-refractivity contribution is 7.46. The van der Waals surface area contributed by atoms with Crippen molar-refractivity contribution < 1.29 is 93.3 Å². The number of ether oxygens (including phenoxy) is 8. The topological polar surface area (TPSA) is 285 Å². The maximum atomic E-state index is 10.5. The van der Waals surface area contributed by atoms with Crippen LogP contribution in [0.3, 0.4) is 0 Å². The molecule has 0 aromatic carbocycles. The predicted molar refractivity (Wildman–Crippen MR) is 155 cm³/mol. The number of hydrogen-bond acceptors (Lipinski definition) is 19. The molecule has 0 aliphatic carbocycles. The highest BCUT2D eigenvalue weighted by Gasteiger charge is 2.50. The lowest BCUT2D eigenvalue weighted by molar-refractivity contribution is -0.435. The molecule has 3 aliphatic heterocycles. The second-order valence-corrected chi connectivity index (χ2v) is 12.8. The fourth-order valence-electron chi connectivity index (χ4n) is 4.76. The standard InChI is InChI=1S/C27H51O19P/c1-2-47(37)41-11-7-6-9-38-12-15-22(35)44-23(36)27(43-15)46-26-21(34)18(31)20(33)25(45-26)40-13-14-16(29)17(30)19(32)24(42-14)39-10-5-3-4-8-28/h14-37H,2-13H2,1H3. The number of aliphatic hydroxyl groups excluding tert-OH is 9. The van der Waals surface area contributed by atoms with Crippen molar-refractivity contribution in [3.63, 3.8) is 0 Å². The third-order valence-corrected chi connectivity index (χ3v) is 8.61. The SMILES string of the molecule is CCP(O)OCCCCOCC1OC(OC2OC(OCC3OC(OCCCCCO)C(O)C(O)C3O)C(O)C(O)C2O)C(O)OC1O. The molecule has 0 aromatic rings. The first-order chi connectivity index (χ1) is 22.5. The highest BCUT2D eigenvalue weighted by Crippen LogP contribution is 2.31. The minimum absolute atomic E-state index is 0.0186. The molecule has 10 N–H and O–H groups in total. The summed E-state index contributed by atoms with van der Waals surface area (Å²) in [5.41, 5.74) is 0. The summed E-state index contributed by atoms with van der Waals surface area (Å²) in [6, 6.07) is 0. The molecular formula is C27H51O19P. The molecule has 0 amide bonds. The van der Waals surface area contributed by atoms with Crippen molar-refractivity contribution in [2.24, 2.45) is 0 Å². The summed E-state index contributed by atoms with van der Waals surface area (Å²) < 4.78 is 48.9. The van der Waals surface area contributed by atoms with Gasteiger partial charge in [-0.3, -0.25) is 0 Å². The van der Waals surface area contributed by atoms with Crippen LogP contribution in [0.25, 0.3) is 0 Å². The van der Waals surface area contributed by atoms with Crippen LogP contribution in [-0.4, -0.2) is 183 Å². The van der Waals surface area contributed by atoms with Gasteiger partial charge in [0.15, 0.2) is 33.5 Å². The normalized spacial score (nSPS) is 40.4. The van der Waals surface area contributed by atoms with Gasteiger partial charge in [0.1, 0.15) is 48.8 Å². The molecule has 0 saturated carbocycles. The second kappa shape index (κ2) is 21.1. The summed E-state index contributed by atoms with van der Waals surface area (Å²) in [5, 5.41) is 91.7. The monoisotopic (exact) mass is 710 g/mol. The molecule has 0 spiro atoms. The molecule has 3 fully saturated rings. The van der Waals surface area contributed by atoms with Gasteiger partial charge in [-0.1, -0.05) is 6.92 Å². The van der Waals surface area contributed by atoms with Crippen LogP contribution in [0.2, 0.25) is 0 Å². The van der Waals surface area contributed by atoms with Crippen molar-refractivity contribution in [2.45, 2.75) is 126 Å². The number of hydrogen-bond donors (Lipinski definition) is 10. The Hall–Kier alpha value is -0.330. The van der Waals surface area contributed by atoms with Crippen LogP contribution < -0.4 is 0 Å². The Morgan fingerprint density at radius 3 is 1.87 bits per heavy atom. The second-order valence-electron chi connectivity index (χ2n) is 11.2. The van der Waals surface area contributed by atoms with Crippen LogP contribution in [0.1, 0.15) is 39.0 Å². The average molecular weight is 711 g/mol. The summed E-state index contributed by atoms with van der Waals surface area (Å²) >= 11 is 0. The average Bonchev–Trinajstić information content (AvgIpc) is 3.05. The molecule has 15 atom stereocenters. The van der Waals surface area contributed by atoms with Crippen molar-refractivity contribution >= 4 is 8.38 Å². The maximum absolute atomic E-state index is 10.5. The van der Waals surface area contributed by atoms with E-state index in [4.69, 9.17) is 47.5 Å². The fourth-order valence-corrected chi connectivity index (χ4v) is 5.28. The quantitative estimate of drug-likeness (QED) is 0.0429. The molecule has 15 unspecified atom stereocenters. The molecule has 3 rings (SSSR count). The van der Waals surface area contributed by atoms with Crippen LogP contribution in [0.5, 0.6) is 0 Å². The van der Waals surface area contributed by atoms with E-state index in [2.05, 4.69) is 0 Å². The zero-order valence-corrected chi connectivity index (χ0v) is 27.1. The van der Waals surface area contributed by atoms with E-state index in [1.54, 1.807) is 0 Å². The molecule has 0 radical (unpaired) electrons. The molecule has 0 bridgehead atoms. The minimum atomic E-state index is -1.88. The summed E-state index contributed by atoms with van der Waals surface area (Å²) in [6.07, 6.45) is -19.3. The molecule has 278 valence electrons. The van der Waals surface area contributed by atoms with Gasteiger partial charge in [0.2, 0.25) is 12.6 Å². The van der Waals surface area contributed by atoms with Crippen LogP contribution in [-0.2, 0) is 42.4 Å². The van der Waals surface area contributed by atoms with Gasteiger partial charge in [-0.25, -0.2) is 0 Å². The lowest BCUT2D eigenvalue weighted by Gasteiger charge is -2.44. The Balaban J connectivity index is 1.50.